The lowest BCUT2D eigenvalue weighted by atomic mass is 9.90. The molecule has 1 saturated heterocycles. The van der Waals surface area contributed by atoms with Crippen molar-refractivity contribution in [2.45, 2.75) is 44.7 Å². The van der Waals surface area contributed by atoms with Gasteiger partial charge < -0.3 is 16.1 Å². The molecule has 0 bridgehead atoms. The van der Waals surface area contributed by atoms with E-state index in [1.54, 1.807) is 6.07 Å². The van der Waals surface area contributed by atoms with Gasteiger partial charge in [0.05, 0.1) is 11.3 Å². The van der Waals surface area contributed by atoms with Gasteiger partial charge in [0, 0.05) is 31.1 Å². The zero-order valence-electron chi connectivity index (χ0n) is 14.0. The third-order valence-electron chi connectivity index (χ3n) is 4.57. The molecule has 2 aliphatic rings. The second-order valence-corrected chi connectivity index (χ2v) is 6.94. The summed E-state index contributed by atoms with van der Waals surface area (Å²) in [7, 11) is 0. The lowest BCUT2D eigenvalue weighted by Crippen LogP contribution is -2.48. The van der Waals surface area contributed by atoms with Gasteiger partial charge in [0.15, 0.2) is 11.6 Å². The number of anilines is 1. The standard InChI is InChI=1S/C18H22F2N4/c1-12-11-13(23-22-12)3-4-14-16(6-5-15(19)17(14)20)24-9-7-18(2,21)8-10-24/h5-6,12,22H,7-11,21H2,1-2H3. The molecular weight excluding hydrogens is 310 g/mol. The molecule has 1 aromatic carbocycles. The van der Waals surface area contributed by atoms with Crippen molar-refractivity contribution in [2.75, 3.05) is 18.0 Å². The van der Waals surface area contributed by atoms with Gasteiger partial charge in [-0.1, -0.05) is 5.92 Å². The fraction of sp³-hybridized carbons (Fsp3) is 0.500. The van der Waals surface area contributed by atoms with Gasteiger partial charge in [-0.2, -0.15) is 5.10 Å². The van der Waals surface area contributed by atoms with Gasteiger partial charge in [-0.3, -0.25) is 0 Å². The minimum atomic E-state index is -0.902. The number of hydrogen-bond acceptors (Lipinski definition) is 4. The molecule has 6 heteroatoms. The zero-order valence-corrected chi connectivity index (χ0v) is 14.0. The summed E-state index contributed by atoms with van der Waals surface area (Å²) in [5.41, 5.74) is 10.2. The number of piperidine rings is 1. The highest BCUT2D eigenvalue weighted by Crippen LogP contribution is 2.29. The van der Waals surface area contributed by atoms with Crippen LogP contribution in [-0.2, 0) is 0 Å². The third-order valence-corrected chi connectivity index (χ3v) is 4.57. The molecule has 0 amide bonds. The van der Waals surface area contributed by atoms with Gasteiger partial charge in [0.1, 0.15) is 5.71 Å². The van der Waals surface area contributed by atoms with Gasteiger partial charge in [-0.15, -0.1) is 0 Å². The van der Waals surface area contributed by atoms with Crippen LogP contribution in [0.15, 0.2) is 17.2 Å². The molecular formula is C18H22F2N4. The van der Waals surface area contributed by atoms with Gasteiger partial charge >= 0.3 is 0 Å². The molecule has 1 aromatic rings. The maximum absolute atomic E-state index is 14.3. The first-order valence-corrected chi connectivity index (χ1v) is 8.22. The smallest absolute Gasteiger partial charge is 0.176 e. The van der Waals surface area contributed by atoms with Crippen LogP contribution in [-0.4, -0.2) is 30.4 Å². The summed E-state index contributed by atoms with van der Waals surface area (Å²) in [6.45, 7) is 5.41. The molecule has 0 aliphatic carbocycles. The molecule has 24 heavy (non-hydrogen) atoms. The summed E-state index contributed by atoms with van der Waals surface area (Å²) < 4.78 is 28.0. The molecule has 0 saturated carbocycles. The molecule has 3 N–H and O–H groups in total. The Kier molecular flexibility index (Phi) is 4.46. The predicted molar refractivity (Wildman–Crippen MR) is 91.9 cm³/mol. The summed E-state index contributed by atoms with van der Waals surface area (Å²) in [4.78, 5) is 2.03. The van der Waals surface area contributed by atoms with Gasteiger partial charge in [-0.25, -0.2) is 8.78 Å². The maximum Gasteiger partial charge on any atom is 0.176 e. The summed E-state index contributed by atoms with van der Waals surface area (Å²) >= 11 is 0. The summed E-state index contributed by atoms with van der Waals surface area (Å²) in [5, 5.41) is 4.09. The number of rotatable bonds is 1. The molecule has 128 valence electrons. The number of nitrogens with two attached hydrogens (primary N) is 1. The topological polar surface area (TPSA) is 53.6 Å². The Labute approximate surface area is 141 Å². The monoisotopic (exact) mass is 332 g/mol. The highest BCUT2D eigenvalue weighted by molar-refractivity contribution is 6.02. The van der Waals surface area contributed by atoms with Crippen LogP contribution in [0.4, 0.5) is 14.5 Å². The fourth-order valence-corrected chi connectivity index (χ4v) is 2.96. The predicted octanol–water partition coefficient (Wildman–Crippen LogP) is 2.37. The second-order valence-electron chi connectivity index (χ2n) is 6.94. The fourth-order valence-electron chi connectivity index (χ4n) is 2.96. The van der Waals surface area contributed by atoms with Crippen molar-refractivity contribution in [2.24, 2.45) is 10.8 Å². The third kappa shape index (κ3) is 3.51. The number of hydrazone groups is 1. The number of halogens is 2. The first-order chi connectivity index (χ1) is 11.4. The Morgan fingerprint density at radius 3 is 2.62 bits per heavy atom. The number of benzene rings is 1. The minimum Gasteiger partial charge on any atom is -0.370 e. The lowest BCUT2D eigenvalue weighted by molar-refractivity contribution is 0.363. The number of hydrogen-bond donors (Lipinski definition) is 2. The van der Waals surface area contributed by atoms with Crippen LogP contribution in [0.25, 0.3) is 0 Å². The Bertz CT molecular complexity index is 721. The van der Waals surface area contributed by atoms with E-state index >= 15 is 0 Å². The van der Waals surface area contributed by atoms with Crippen molar-refractivity contribution in [3.63, 3.8) is 0 Å². The van der Waals surface area contributed by atoms with E-state index in [4.69, 9.17) is 5.73 Å². The molecule has 4 nitrogen and oxygen atoms in total. The van der Waals surface area contributed by atoms with Crippen molar-refractivity contribution >= 4 is 11.4 Å². The zero-order chi connectivity index (χ0) is 17.3. The Hall–Kier alpha value is -2.13. The van der Waals surface area contributed by atoms with Crippen LogP contribution < -0.4 is 16.1 Å². The van der Waals surface area contributed by atoms with Crippen LogP contribution in [0.2, 0.25) is 0 Å². The molecule has 2 aliphatic heterocycles. The largest absolute Gasteiger partial charge is 0.370 e. The van der Waals surface area contributed by atoms with Crippen LogP contribution in [0, 0.1) is 23.5 Å². The average molecular weight is 332 g/mol. The average Bonchev–Trinajstić information content (AvgIpc) is 2.95. The van der Waals surface area contributed by atoms with Crippen LogP contribution in [0.1, 0.15) is 38.7 Å². The van der Waals surface area contributed by atoms with E-state index in [0.29, 0.717) is 30.9 Å². The van der Waals surface area contributed by atoms with Crippen molar-refractivity contribution in [3.05, 3.63) is 29.3 Å². The lowest BCUT2D eigenvalue weighted by Gasteiger charge is -2.38. The Morgan fingerprint density at radius 2 is 2.00 bits per heavy atom. The van der Waals surface area contributed by atoms with Crippen LogP contribution >= 0.6 is 0 Å². The van der Waals surface area contributed by atoms with Crippen molar-refractivity contribution in [1.29, 1.82) is 0 Å². The summed E-state index contributed by atoms with van der Waals surface area (Å²) in [6, 6.07) is 2.97. The highest BCUT2D eigenvalue weighted by atomic mass is 19.2. The normalized spacial score (nSPS) is 22.5. The Morgan fingerprint density at radius 1 is 1.29 bits per heavy atom. The molecule has 3 rings (SSSR count). The SMILES string of the molecule is CC1CC(C#Cc2c(N3CCC(C)(N)CC3)ccc(F)c2F)=NN1. The van der Waals surface area contributed by atoms with Gasteiger partial charge in [0.2, 0.25) is 0 Å². The molecule has 1 fully saturated rings. The van der Waals surface area contributed by atoms with E-state index in [1.807, 2.05) is 18.7 Å². The highest BCUT2D eigenvalue weighted by Gasteiger charge is 2.28. The van der Waals surface area contributed by atoms with E-state index in [1.165, 1.54) is 0 Å². The number of nitrogens with zero attached hydrogens (tertiary/aromatic N) is 2. The molecule has 1 atom stereocenters. The first kappa shape index (κ1) is 16.7. The first-order valence-electron chi connectivity index (χ1n) is 8.22. The summed E-state index contributed by atoms with van der Waals surface area (Å²) in [5.74, 6) is 3.88. The molecule has 1 unspecified atom stereocenters. The van der Waals surface area contributed by atoms with Crippen LogP contribution in [0.3, 0.4) is 0 Å². The number of nitrogens with one attached hydrogen (secondary N) is 1. The molecule has 0 spiro atoms. The van der Waals surface area contributed by atoms with E-state index in [2.05, 4.69) is 22.4 Å². The van der Waals surface area contributed by atoms with Gasteiger partial charge in [0.25, 0.3) is 0 Å². The second kappa shape index (κ2) is 6.40. The minimum absolute atomic E-state index is 0.0953. The molecule has 0 radical (unpaired) electrons. The summed E-state index contributed by atoms with van der Waals surface area (Å²) in [6.07, 6.45) is 2.29. The van der Waals surface area contributed by atoms with E-state index in [-0.39, 0.29) is 17.1 Å². The van der Waals surface area contributed by atoms with E-state index in [9.17, 15) is 8.78 Å². The van der Waals surface area contributed by atoms with E-state index < -0.39 is 11.6 Å². The van der Waals surface area contributed by atoms with Crippen molar-refractivity contribution in [3.8, 4) is 11.8 Å². The maximum atomic E-state index is 14.3. The van der Waals surface area contributed by atoms with Gasteiger partial charge in [-0.05, 0) is 44.7 Å². The van der Waals surface area contributed by atoms with E-state index in [0.717, 1.165) is 18.9 Å². The van der Waals surface area contributed by atoms with Crippen LogP contribution in [0.5, 0.6) is 0 Å². The Balaban J connectivity index is 1.90. The molecule has 2 heterocycles. The van der Waals surface area contributed by atoms with Crippen molar-refractivity contribution < 1.29 is 8.78 Å². The molecule has 0 aromatic heterocycles. The van der Waals surface area contributed by atoms with Crippen molar-refractivity contribution in [1.82, 2.24) is 5.43 Å². The quantitative estimate of drug-likeness (QED) is 0.777.